The summed E-state index contributed by atoms with van der Waals surface area (Å²) >= 11 is 5.31. The fourth-order valence-electron chi connectivity index (χ4n) is 5.51. The molecule has 33 heavy (non-hydrogen) atoms. The molecule has 1 heterocycles. The second-order valence-corrected chi connectivity index (χ2v) is 11.9. The zero-order valence-corrected chi connectivity index (χ0v) is 21.8. The maximum Gasteiger partial charge on any atom is 0.263 e. The molecule has 1 aromatic heterocycles. The lowest BCUT2D eigenvalue weighted by molar-refractivity contribution is 0.283. The van der Waals surface area contributed by atoms with E-state index in [2.05, 4.69) is 54.0 Å². The Hall–Kier alpha value is -1.85. The van der Waals surface area contributed by atoms with Crippen LogP contribution in [0.3, 0.4) is 0 Å². The third kappa shape index (κ3) is 4.35. The smallest absolute Gasteiger partial charge is 0.263 e. The van der Waals surface area contributed by atoms with E-state index in [1.165, 1.54) is 24.8 Å². The maximum absolute atomic E-state index is 14.4. The van der Waals surface area contributed by atoms with Gasteiger partial charge in [-0.25, -0.2) is 4.98 Å². The van der Waals surface area contributed by atoms with Crippen molar-refractivity contribution in [2.45, 2.75) is 69.4 Å². The van der Waals surface area contributed by atoms with Crippen molar-refractivity contribution in [3.63, 3.8) is 0 Å². The molecule has 1 saturated carbocycles. The maximum atomic E-state index is 14.4. The Morgan fingerprint density at radius 2 is 1.88 bits per heavy atom. The fraction of sp³-hybridized carbons (Fsp3) is 0.429. The van der Waals surface area contributed by atoms with Gasteiger partial charge in [0, 0.05) is 21.2 Å². The van der Waals surface area contributed by atoms with Crippen LogP contribution in [0.4, 0.5) is 0 Å². The van der Waals surface area contributed by atoms with E-state index in [9.17, 15) is 4.79 Å². The highest BCUT2D eigenvalue weighted by Gasteiger charge is 2.43. The number of benzene rings is 2. The van der Waals surface area contributed by atoms with Crippen molar-refractivity contribution in [3.8, 4) is 16.9 Å². The molecule has 1 spiro atoms. The Kier molecular flexibility index (Phi) is 6.54. The summed E-state index contributed by atoms with van der Waals surface area (Å²) in [7, 11) is 0. The van der Waals surface area contributed by atoms with Crippen molar-refractivity contribution >= 4 is 27.7 Å². The largest absolute Gasteiger partial charge is 0.268 e. The number of rotatable bonds is 5. The van der Waals surface area contributed by atoms with Gasteiger partial charge in [0.15, 0.2) is 5.16 Å². The molecule has 2 aromatic carbocycles. The van der Waals surface area contributed by atoms with Gasteiger partial charge in [-0.1, -0.05) is 91.1 Å². The Morgan fingerprint density at radius 1 is 1.09 bits per heavy atom. The first kappa shape index (κ1) is 22.9. The van der Waals surface area contributed by atoms with Crippen molar-refractivity contribution < 1.29 is 0 Å². The summed E-state index contributed by atoms with van der Waals surface area (Å²) in [4.78, 5) is 19.7. The zero-order valence-electron chi connectivity index (χ0n) is 19.4. The summed E-state index contributed by atoms with van der Waals surface area (Å²) in [5.74, 6) is 1.57. The number of aromatic nitrogens is 2. The van der Waals surface area contributed by atoms with Crippen LogP contribution in [0.25, 0.3) is 16.9 Å². The third-order valence-electron chi connectivity index (χ3n) is 7.19. The Bertz CT molecular complexity index is 1230. The van der Waals surface area contributed by atoms with Gasteiger partial charge < -0.3 is 0 Å². The molecule has 0 aliphatic heterocycles. The molecule has 0 atom stereocenters. The molecule has 5 rings (SSSR count). The number of halogens is 1. The lowest BCUT2D eigenvalue weighted by Crippen LogP contribution is -2.42. The van der Waals surface area contributed by atoms with Crippen LogP contribution < -0.4 is 5.56 Å². The van der Waals surface area contributed by atoms with E-state index >= 15 is 0 Å². The van der Waals surface area contributed by atoms with Crippen molar-refractivity contribution in [2.75, 3.05) is 5.75 Å². The molecule has 2 aliphatic rings. The van der Waals surface area contributed by atoms with Crippen LogP contribution in [-0.4, -0.2) is 15.3 Å². The van der Waals surface area contributed by atoms with Crippen LogP contribution in [0.1, 0.15) is 63.5 Å². The predicted molar refractivity (Wildman–Crippen MR) is 142 cm³/mol. The topological polar surface area (TPSA) is 34.9 Å². The minimum atomic E-state index is -0.0963. The lowest BCUT2D eigenvalue weighted by Gasteiger charge is -2.42. The fourth-order valence-corrected chi connectivity index (χ4v) is 7.15. The van der Waals surface area contributed by atoms with E-state index in [1.54, 1.807) is 11.8 Å². The molecule has 3 nitrogen and oxygen atoms in total. The molecule has 0 N–H and O–H groups in total. The zero-order chi connectivity index (χ0) is 23.0. The first-order valence-corrected chi connectivity index (χ1v) is 13.9. The van der Waals surface area contributed by atoms with Crippen LogP contribution >= 0.6 is 27.7 Å². The average molecular weight is 524 g/mol. The molecule has 0 unspecified atom stereocenters. The summed E-state index contributed by atoms with van der Waals surface area (Å²) < 4.78 is 2.86. The highest BCUT2D eigenvalue weighted by molar-refractivity contribution is 9.10. The van der Waals surface area contributed by atoms with Gasteiger partial charge in [-0.2, -0.15) is 0 Å². The summed E-state index contributed by atoms with van der Waals surface area (Å²) in [5, 5.41) is 0.806. The standard InChI is InChI=1S/C28H31BrN2OS/c1-19(2)13-16-33-27-30-25-23-12-5-4-9-20(23)18-28(14-6-3-7-15-28)24(25)26(32)31(27)22-11-8-10-21(29)17-22/h4-5,8-12,17,19H,3,6-7,13-16,18H2,1-2H3. The molecule has 5 heteroatoms. The Labute approximate surface area is 209 Å². The third-order valence-corrected chi connectivity index (χ3v) is 8.65. The van der Waals surface area contributed by atoms with Gasteiger partial charge in [0.25, 0.3) is 5.56 Å². The molecular formula is C28H31BrN2OS. The molecule has 2 aliphatic carbocycles. The van der Waals surface area contributed by atoms with Crippen LogP contribution in [0.15, 0.2) is 63.0 Å². The summed E-state index contributed by atoms with van der Waals surface area (Å²) in [5.41, 5.74) is 5.30. The highest BCUT2D eigenvalue weighted by atomic mass is 79.9. The van der Waals surface area contributed by atoms with Crippen LogP contribution in [0, 0.1) is 5.92 Å². The summed E-state index contributed by atoms with van der Waals surface area (Å²) in [6, 6.07) is 16.7. The van der Waals surface area contributed by atoms with E-state index in [0.717, 1.165) is 63.6 Å². The van der Waals surface area contributed by atoms with Gasteiger partial charge in [0.2, 0.25) is 0 Å². The van der Waals surface area contributed by atoms with Gasteiger partial charge in [0.1, 0.15) is 0 Å². The number of hydrogen-bond donors (Lipinski definition) is 0. The van der Waals surface area contributed by atoms with Crippen LogP contribution in [0.2, 0.25) is 0 Å². The van der Waals surface area contributed by atoms with E-state index in [-0.39, 0.29) is 11.0 Å². The predicted octanol–water partition coefficient (Wildman–Crippen LogP) is 7.56. The number of thioether (sulfide) groups is 1. The first-order valence-electron chi connectivity index (χ1n) is 12.1. The van der Waals surface area contributed by atoms with Crippen molar-refractivity contribution in [1.82, 2.24) is 9.55 Å². The average Bonchev–Trinajstić information content (AvgIpc) is 2.79. The van der Waals surface area contributed by atoms with Crippen molar-refractivity contribution in [1.29, 1.82) is 0 Å². The van der Waals surface area contributed by atoms with Gasteiger partial charge in [-0.3, -0.25) is 9.36 Å². The minimum Gasteiger partial charge on any atom is -0.268 e. The van der Waals surface area contributed by atoms with Crippen molar-refractivity contribution in [3.05, 3.63) is 74.5 Å². The van der Waals surface area contributed by atoms with Gasteiger partial charge >= 0.3 is 0 Å². The number of hydrogen-bond acceptors (Lipinski definition) is 3. The Balaban J connectivity index is 1.77. The van der Waals surface area contributed by atoms with Crippen LogP contribution in [-0.2, 0) is 11.8 Å². The first-order chi connectivity index (χ1) is 16.0. The molecule has 0 radical (unpaired) electrons. The van der Waals surface area contributed by atoms with Gasteiger partial charge in [-0.15, -0.1) is 0 Å². The molecule has 3 aromatic rings. The molecule has 1 fully saturated rings. The van der Waals surface area contributed by atoms with Gasteiger partial charge in [0.05, 0.1) is 16.9 Å². The van der Waals surface area contributed by atoms with E-state index in [0.29, 0.717) is 5.92 Å². The molecule has 0 saturated heterocycles. The Morgan fingerprint density at radius 3 is 2.64 bits per heavy atom. The highest BCUT2D eigenvalue weighted by Crippen LogP contribution is 2.49. The lowest BCUT2D eigenvalue weighted by atomic mass is 9.62. The monoisotopic (exact) mass is 522 g/mol. The minimum absolute atomic E-state index is 0.0963. The summed E-state index contributed by atoms with van der Waals surface area (Å²) in [6.07, 6.45) is 7.82. The van der Waals surface area contributed by atoms with Crippen molar-refractivity contribution in [2.24, 2.45) is 5.92 Å². The van der Waals surface area contributed by atoms with Gasteiger partial charge in [-0.05, 0) is 55.4 Å². The van der Waals surface area contributed by atoms with E-state index in [1.807, 2.05) is 28.8 Å². The molecule has 0 bridgehead atoms. The number of nitrogens with zero attached hydrogens (tertiary/aromatic N) is 2. The second kappa shape index (κ2) is 9.42. The number of fused-ring (bicyclic) bond motifs is 4. The van der Waals surface area contributed by atoms with Crippen LogP contribution in [0.5, 0.6) is 0 Å². The van der Waals surface area contributed by atoms with E-state index < -0.39 is 0 Å². The molecular weight excluding hydrogens is 492 g/mol. The second-order valence-electron chi connectivity index (χ2n) is 9.94. The quantitative estimate of drug-likeness (QED) is 0.256. The normalized spacial score (nSPS) is 16.6. The summed E-state index contributed by atoms with van der Waals surface area (Å²) in [6.45, 7) is 4.48. The molecule has 172 valence electrons. The molecule has 0 amide bonds. The SMILES string of the molecule is CC(C)CCSc1nc2c(c(=O)n1-c1cccc(Br)c1)C1(CCCCC1)Cc1ccccc1-2. The van der Waals surface area contributed by atoms with E-state index in [4.69, 9.17) is 4.98 Å².